The van der Waals surface area contributed by atoms with Crippen molar-refractivity contribution in [2.24, 2.45) is 4.99 Å². The molecule has 1 aliphatic heterocycles. The summed E-state index contributed by atoms with van der Waals surface area (Å²) in [6.45, 7) is 4.14. The summed E-state index contributed by atoms with van der Waals surface area (Å²) in [5.41, 5.74) is 3.29. The number of hydrogen-bond donors (Lipinski definition) is 2. The molecule has 5 nitrogen and oxygen atoms in total. The van der Waals surface area contributed by atoms with E-state index in [1.807, 2.05) is 29.6 Å². The predicted molar refractivity (Wildman–Crippen MR) is 104 cm³/mol. The van der Waals surface area contributed by atoms with E-state index in [1.54, 1.807) is 18.2 Å². The molecule has 0 saturated carbocycles. The van der Waals surface area contributed by atoms with E-state index in [2.05, 4.69) is 30.2 Å². The molecule has 1 aromatic heterocycles. The third-order valence-corrected chi connectivity index (χ3v) is 5.22. The minimum absolute atomic E-state index is 0.244. The third-order valence-electron chi connectivity index (χ3n) is 4.37. The SMILES string of the molecule is CC1(C)N=C(c2nc(-c3ccccc3C(=O)O)cs2)Nc2ccccc21. The van der Waals surface area contributed by atoms with Crippen LogP contribution in [0.5, 0.6) is 0 Å². The fraction of sp³-hybridized carbons (Fsp3) is 0.150. The van der Waals surface area contributed by atoms with Crippen LogP contribution in [-0.2, 0) is 5.54 Å². The van der Waals surface area contributed by atoms with Crippen LogP contribution in [-0.4, -0.2) is 21.9 Å². The van der Waals surface area contributed by atoms with Crippen LogP contribution in [0.2, 0.25) is 0 Å². The van der Waals surface area contributed by atoms with Crippen molar-refractivity contribution in [3.05, 3.63) is 70.0 Å². The number of aliphatic imine (C=N–C) groups is 1. The Morgan fingerprint density at radius 3 is 2.65 bits per heavy atom. The Kier molecular flexibility index (Phi) is 3.85. The summed E-state index contributed by atoms with van der Waals surface area (Å²) < 4.78 is 0. The van der Waals surface area contributed by atoms with Crippen LogP contribution in [0.3, 0.4) is 0 Å². The molecule has 0 bridgehead atoms. The minimum Gasteiger partial charge on any atom is -0.478 e. The first-order valence-corrected chi connectivity index (χ1v) is 9.09. The summed E-state index contributed by atoms with van der Waals surface area (Å²) in [6.07, 6.45) is 0. The zero-order valence-electron chi connectivity index (χ0n) is 14.4. The summed E-state index contributed by atoms with van der Waals surface area (Å²) in [6, 6.07) is 15.0. The van der Waals surface area contributed by atoms with Gasteiger partial charge in [-0.25, -0.2) is 9.78 Å². The van der Waals surface area contributed by atoms with E-state index in [0.29, 0.717) is 17.1 Å². The van der Waals surface area contributed by atoms with Crippen molar-refractivity contribution in [3.63, 3.8) is 0 Å². The third kappa shape index (κ3) is 2.78. The maximum Gasteiger partial charge on any atom is 0.336 e. The van der Waals surface area contributed by atoms with Gasteiger partial charge in [0.1, 0.15) is 0 Å². The first-order chi connectivity index (χ1) is 12.5. The normalized spacial score (nSPS) is 14.9. The average Bonchev–Trinajstić information content (AvgIpc) is 3.11. The summed E-state index contributed by atoms with van der Waals surface area (Å²) in [5, 5.41) is 15.4. The minimum atomic E-state index is -0.960. The average molecular weight is 363 g/mol. The van der Waals surface area contributed by atoms with Crippen LogP contribution in [0.15, 0.2) is 58.9 Å². The second-order valence-electron chi connectivity index (χ2n) is 6.58. The van der Waals surface area contributed by atoms with Gasteiger partial charge >= 0.3 is 5.97 Å². The van der Waals surface area contributed by atoms with Crippen LogP contribution in [0, 0.1) is 0 Å². The number of anilines is 1. The zero-order chi connectivity index (χ0) is 18.3. The number of fused-ring (bicyclic) bond motifs is 1. The van der Waals surface area contributed by atoms with Crippen molar-refractivity contribution in [2.75, 3.05) is 5.32 Å². The van der Waals surface area contributed by atoms with E-state index in [4.69, 9.17) is 4.99 Å². The van der Waals surface area contributed by atoms with E-state index in [9.17, 15) is 9.90 Å². The number of rotatable bonds is 3. The number of aromatic carboxylic acids is 1. The molecule has 0 unspecified atom stereocenters. The molecule has 1 aliphatic rings. The topological polar surface area (TPSA) is 74.6 Å². The number of nitrogens with zero attached hydrogens (tertiary/aromatic N) is 2. The highest BCUT2D eigenvalue weighted by Gasteiger charge is 2.29. The number of hydrogen-bond acceptors (Lipinski definition) is 5. The molecule has 2 N–H and O–H groups in total. The molecule has 0 amide bonds. The Bertz CT molecular complexity index is 1040. The molecule has 0 aliphatic carbocycles. The lowest BCUT2D eigenvalue weighted by Gasteiger charge is -2.30. The summed E-state index contributed by atoms with van der Waals surface area (Å²) >= 11 is 1.45. The molecule has 130 valence electrons. The molecule has 2 heterocycles. The smallest absolute Gasteiger partial charge is 0.336 e. The van der Waals surface area contributed by atoms with Gasteiger partial charge in [-0.1, -0.05) is 36.4 Å². The number of thiazole rings is 1. The highest BCUT2D eigenvalue weighted by molar-refractivity contribution is 7.12. The molecule has 0 fully saturated rings. The molecule has 2 aromatic carbocycles. The Morgan fingerprint density at radius 1 is 1.12 bits per heavy atom. The highest BCUT2D eigenvalue weighted by Crippen LogP contribution is 2.36. The lowest BCUT2D eigenvalue weighted by Crippen LogP contribution is -2.29. The molecule has 3 aromatic rings. The van der Waals surface area contributed by atoms with Gasteiger partial charge in [-0.3, -0.25) is 4.99 Å². The zero-order valence-corrected chi connectivity index (χ0v) is 15.2. The number of amidine groups is 1. The van der Waals surface area contributed by atoms with Gasteiger partial charge in [0.25, 0.3) is 0 Å². The summed E-state index contributed by atoms with van der Waals surface area (Å²) in [7, 11) is 0. The van der Waals surface area contributed by atoms with Gasteiger partial charge in [-0.05, 0) is 26.0 Å². The fourth-order valence-corrected chi connectivity index (χ4v) is 3.88. The Morgan fingerprint density at radius 2 is 1.85 bits per heavy atom. The Labute approximate surface area is 155 Å². The van der Waals surface area contributed by atoms with Crippen LogP contribution in [0.25, 0.3) is 11.3 Å². The molecule has 0 atom stereocenters. The first kappa shape index (κ1) is 16.5. The van der Waals surface area contributed by atoms with E-state index >= 15 is 0 Å². The number of nitrogens with one attached hydrogen (secondary N) is 1. The lowest BCUT2D eigenvalue weighted by molar-refractivity contribution is 0.0697. The standard InChI is InChI=1S/C20H17N3O2S/c1-20(2)14-9-5-6-10-15(14)21-17(23-20)18-22-16(11-26-18)12-7-3-4-8-13(12)19(24)25/h3-11H,1-2H3,(H,21,23)(H,24,25). The molecule has 26 heavy (non-hydrogen) atoms. The quantitative estimate of drug-likeness (QED) is 0.712. The molecule has 6 heteroatoms. The van der Waals surface area contributed by atoms with Crippen molar-refractivity contribution >= 4 is 28.8 Å². The second kappa shape index (κ2) is 6.07. The van der Waals surface area contributed by atoms with Gasteiger partial charge < -0.3 is 10.4 Å². The Hall–Kier alpha value is -2.99. The molecular weight excluding hydrogens is 346 g/mol. The van der Waals surface area contributed by atoms with Gasteiger partial charge in [-0.15, -0.1) is 11.3 Å². The van der Waals surface area contributed by atoms with Crippen LogP contribution >= 0.6 is 11.3 Å². The lowest BCUT2D eigenvalue weighted by atomic mass is 9.92. The predicted octanol–water partition coefficient (Wildman–Crippen LogP) is 4.62. The van der Waals surface area contributed by atoms with E-state index in [-0.39, 0.29) is 11.1 Å². The highest BCUT2D eigenvalue weighted by atomic mass is 32.1. The van der Waals surface area contributed by atoms with Gasteiger partial charge in [0, 0.05) is 22.2 Å². The van der Waals surface area contributed by atoms with Crippen LogP contribution in [0.4, 0.5) is 5.69 Å². The van der Waals surface area contributed by atoms with Gasteiger partial charge in [0.2, 0.25) is 0 Å². The van der Waals surface area contributed by atoms with Gasteiger partial charge in [-0.2, -0.15) is 0 Å². The van der Waals surface area contributed by atoms with E-state index < -0.39 is 5.97 Å². The van der Waals surface area contributed by atoms with E-state index in [1.165, 1.54) is 11.3 Å². The van der Waals surface area contributed by atoms with Gasteiger partial charge in [0.05, 0.1) is 16.8 Å². The molecule has 4 rings (SSSR count). The summed E-state index contributed by atoms with van der Waals surface area (Å²) in [5.74, 6) is -0.254. The number of benzene rings is 2. The summed E-state index contributed by atoms with van der Waals surface area (Å²) in [4.78, 5) is 20.9. The van der Waals surface area contributed by atoms with Crippen molar-refractivity contribution in [3.8, 4) is 11.3 Å². The molecule has 0 saturated heterocycles. The fourth-order valence-electron chi connectivity index (χ4n) is 3.12. The largest absolute Gasteiger partial charge is 0.478 e. The molecule has 0 spiro atoms. The molecular formula is C20H17N3O2S. The number of carboxylic acids is 1. The first-order valence-electron chi connectivity index (χ1n) is 8.21. The number of aromatic nitrogens is 1. The Balaban J connectivity index is 1.74. The second-order valence-corrected chi connectivity index (χ2v) is 7.44. The van der Waals surface area contributed by atoms with Crippen molar-refractivity contribution in [1.29, 1.82) is 0 Å². The van der Waals surface area contributed by atoms with Gasteiger partial charge in [0.15, 0.2) is 10.8 Å². The monoisotopic (exact) mass is 363 g/mol. The number of para-hydroxylation sites is 1. The van der Waals surface area contributed by atoms with Crippen molar-refractivity contribution < 1.29 is 9.90 Å². The van der Waals surface area contributed by atoms with E-state index in [0.717, 1.165) is 16.3 Å². The maximum absolute atomic E-state index is 11.5. The number of carboxylic acid groups (broad SMARTS) is 1. The van der Waals surface area contributed by atoms with Crippen molar-refractivity contribution in [2.45, 2.75) is 19.4 Å². The number of carbonyl (C=O) groups is 1. The van der Waals surface area contributed by atoms with Crippen molar-refractivity contribution in [1.82, 2.24) is 4.98 Å². The maximum atomic E-state index is 11.5. The van der Waals surface area contributed by atoms with Crippen LogP contribution < -0.4 is 5.32 Å². The molecule has 0 radical (unpaired) electrons. The van der Waals surface area contributed by atoms with Crippen LogP contribution in [0.1, 0.15) is 34.8 Å².